The van der Waals surface area contributed by atoms with Crippen LogP contribution < -0.4 is 4.74 Å². The van der Waals surface area contributed by atoms with Crippen molar-refractivity contribution in [2.24, 2.45) is 0 Å². The smallest absolute Gasteiger partial charge is 0.165 e. The van der Waals surface area contributed by atoms with Crippen molar-refractivity contribution >= 4 is 0 Å². The van der Waals surface area contributed by atoms with Gasteiger partial charge in [-0.05, 0) is 45.3 Å². The van der Waals surface area contributed by atoms with Crippen molar-refractivity contribution in [3.05, 3.63) is 23.8 Å². The van der Waals surface area contributed by atoms with E-state index in [1.54, 1.807) is 6.07 Å². The van der Waals surface area contributed by atoms with E-state index in [1.807, 2.05) is 6.07 Å². The van der Waals surface area contributed by atoms with Crippen LogP contribution >= 0.6 is 0 Å². The third kappa shape index (κ3) is 1.18. The molecule has 3 heteroatoms. The lowest BCUT2D eigenvalue weighted by atomic mass is 9.63. The second kappa shape index (κ2) is 3.41. The zero-order chi connectivity index (χ0) is 12.3. The fourth-order valence-electron chi connectivity index (χ4n) is 4.24. The highest BCUT2D eigenvalue weighted by molar-refractivity contribution is 5.54. The number of phenols is 1. The van der Waals surface area contributed by atoms with E-state index in [0.29, 0.717) is 11.8 Å². The molecule has 1 N–H and O–H groups in total. The number of aromatic hydroxyl groups is 1. The van der Waals surface area contributed by atoms with Gasteiger partial charge in [-0.2, -0.15) is 0 Å². The van der Waals surface area contributed by atoms with Crippen LogP contribution in [0.4, 0.5) is 0 Å². The predicted molar refractivity (Wildman–Crippen MR) is 69.1 cm³/mol. The molecule has 18 heavy (non-hydrogen) atoms. The maximum absolute atomic E-state index is 9.99. The number of fused-ring (bicyclic) bond motifs is 2. The molecule has 1 spiro atoms. The van der Waals surface area contributed by atoms with Gasteiger partial charge in [-0.15, -0.1) is 0 Å². The third-order valence-electron chi connectivity index (χ3n) is 5.30. The number of nitrogens with zero attached hydrogens (tertiary/aromatic N) is 1. The summed E-state index contributed by atoms with van der Waals surface area (Å²) in [6.45, 7) is 1.14. The first-order valence-corrected chi connectivity index (χ1v) is 6.90. The van der Waals surface area contributed by atoms with Crippen LogP contribution in [-0.4, -0.2) is 35.7 Å². The molecule has 1 saturated carbocycles. The van der Waals surface area contributed by atoms with Crippen LogP contribution in [0.25, 0.3) is 0 Å². The quantitative estimate of drug-likeness (QED) is 0.761. The molecule has 2 bridgehead atoms. The number of hydrogen-bond acceptors (Lipinski definition) is 3. The van der Waals surface area contributed by atoms with E-state index in [9.17, 15) is 5.11 Å². The first-order chi connectivity index (χ1) is 8.71. The molecule has 0 aromatic heterocycles. The Morgan fingerprint density at radius 2 is 2.28 bits per heavy atom. The van der Waals surface area contributed by atoms with Gasteiger partial charge in [0.2, 0.25) is 0 Å². The average Bonchev–Trinajstić information content (AvgIpc) is 2.70. The van der Waals surface area contributed by atoms with Crippen molar-refractivity contribution in [3.63, 3.8) is 0 Å². The summed E-state index contributed by atoms with van der Waals surface area (Å²) in [5.41, 5.74) is 1.43. The van der Waals surface area contributed by atoms with Gasteiger partial charge < -0.3 is 14.7 Å². The summed E-state index contributed by atoms with van der Waals surface area (Å²) in [4.78, 5) is 2.49. The Hall–Kier alpha value is -1.22. The standard InChI is InChI=1S/C15H19NO2/c1-16-8-7-15-9-10(16)5-6-13(15)18-14-11(15)3-2-4-12(14)17/h2-4,10,13,17H,5-9H2,1H3/t10-,13-,15+/m1/s1. The van der Waals surface area contributed by atoms with Gasteiger partial charge in [0.1, 0.15) is 6.10 Å². The number of ether oxygens (including phenoxy) is 1. The minimum Gasteiger partial charge on any atom is -0.504 e. The zero-order valence-electron chi connectivity index (χ0n) is 10.7. The molecule has 0 radical (unpaired) electrons. The second-order valence-corrected chi connectivity index (χ2v) is 6.08. The molecule has 1 saturated heterocycles. The lowest BCUT2D eigenvalue weighted by Crippen LogP contribution is -2.55. The molecular weight excluding hydrogens is 226 g/mol. The van der Waals surface area contributed by atoms with Gasteiger partial charge in [0.05, 0.1) is 0 Å². The van der Waals surface area contributed by atoms with E-state index in [1.165, 1.54) is 18.4 Å². The lowest BCUT2D eigenvalue weighted by molar-refractivity contribution is 0.00443. The maximum atomic E-state index is 9.99. The zero-order valence-corrected chi connectivity index (χ0v) is 10.7. The molecule has 1 aromatic rings. The minimum atomic E-state index is 0.170. The van der Waals surface area contributed by atoms with Crippen LogP contribution in [0.15, 0.2) is 18.2 Å². The van der Waals surface area contributed by atoms with E-state index in [4.69, 9.17) is 4.74 Å². The van der Waals surface area contributed by atoms with Crippen molar-refractivity contribution in [2.45, 2.75) is 43.2 Å². The summed E-state index contributed by atoms with van der Waals surface area (Å²) in [6, 6.07) is 6.53. The SMILES string of the molecule is CN1CC[C@@]23C[C@H]1CC[C@H]2Oc1c(O)cccc13. The average molecular weight is 245 g/mol. The van der Waals surface area contributed by atoms with E-state index >= 15 is 0 Å². The van der Waals surface area contributed by atoms with Gasteiger partial charge in [-0.1, -0.05) is 12.1 Å². The largest absolute Gasteiger partial charge is 0.504 e. The summed E-state index contributed by atoms with van der Waals surface area (Å²) in [5, 5.41) is 9.99. The fraction of sp³-hybridized carbons (Fsp3) is 0.600. The van der Waals surface area contributed by atoms with Crippen LogP contribution in [0.3, 0.4) is 0 Å². The molecule has 0 unspecified atom stereocenters. The van der Waals surface area contributed by atoms with Crippen LogP contribution in [0, 0.1) is 0 Å². The summed E-state index contributed by atoms with van der Waals surface area (Å²) in [7, 11) is 2.23. The van der Waals surface area contributed by atoms with Gasteiger partial charge in [0.15, 0.2) is 11.5 Å². The van der Waals surface area contributed by atoms with E-state index in [0.717, 1.165) is 25.1 Å². The van der Waals surface area contributed by atoms with Crippen LogP contribution in [0.1, 0.15) is 31.2 Å². The molecule has 3 nitrogen and oxygen atoms in total. The van der Waals surface area contributed by atoms with E-state index in [-0.39, 0.29) is 11.5 Å². The maximum Gasteiger partial charge on any atom is 0.165 e. The van der Waals surface area contributed by atoms with Crippen molar-refractivity contribution in [1.29, 1.82) is 0 Å². The molecular formula is C15H19NO2. The number of para-hydroxylation sites is 1. The Labute approximate surface area is 107 Å². The molecule has 0 amide bonds. The Morgan fingerprint density at radius 1 is 1.39 bits per heavy atom. The predicted octanol–water partition coefficient (Wildman–Crippen LogP) is 2.28. The highest BCUT2D eigenvalue weighted by Crippen LogP contribution is 2.56. The molecule has 96 valence electrons. The second-order valence-electron chi connectivity index (χ2n) is 6.08. The third-order valence-corrected chi connectivity index (χ3v) is 5.30. The monoisotopic (exact) mass is 245 g/mol. The van der Waals surface area contributed by atoms with Gasteiger partial charge in [0.25, 0.3) is 0 Å². The first kappa shape index (κ1) is 10.7. The van der Waals surface area contributed by atoms with Crippen molar-refractivity contribution in [1.82, 2.24) is 4.90 Å². The number of benzene rings is 1. The number of hydrogen-bond donors (Lipinski definition) is 1. The molecule has 2 heterocycles. The topological polar surface area (TPSA) is 32.7 Å². The Morgan fingerprint density at radius 3 is 3.17 bits per heavy atom. The van der Waals surface area contributed by atoms with Gasteiger partial charge in [0, 0.05) is 17.0 Å². The minimum absolute atomic E-state index is 0.170. The summed E-state index contributed by atoms with van der Waals surface area (Å²) >= 11 is 0. The normalized spacial score (nSPS) is 37.8. The van der Waals surface area contributed by atoms with Crippen LogP contribution in [-0.2, 0) is 5.41 Å². The lowest BCUT2D eigenvalue weighted by Gasteiger charge is -2.49. The first-order valence-electron chi connectivity index (χ1n) is 6.90. The Kier molecular flexibility index (Phi) is 2.03. The summed E-state index contributed by atoms with van der Waals surface area (Å²) in [5.74, 6) is 1.07. The Balaban J connectivity index is 1.84. The number of phenolic OH excluding ortho intramolecular Hbond substituents is 1. The number of piperidine rings is 1. The van der Waals surface area contributed by atoms with E-state index < -0.39 is 0 Å². The highest BCUT2D eigenvalue weighted by Gasteiger charge is 2.55. The number of likely N-dealkylation sites (tertiary alicyclic amines) is 1. The molecule has 2 aliphatic heterocycles. The summed E-state index contributed by atoms with van der Waals surface area (Å²) in [6.07, 6.45) is 4.96. The molecule has 2 fully saturated rings. The van der Waals surface area contributed by atoms with Gasteiger partial charge in [-0.25, -0.2) is 0 Å². The fourth-order valence-corrected chi connectivity index (χ4v) is 4.24. The molecule has 4 rings (SSSR count). The molecule has 1 aromatic carbocycles. The number of rotatable bonds is 0. The van der Waals surface area contributed by atoms with Crippen molar-refractivity contribution in [3.8, 4) is 11.5 Å². The van der Waals surface area contributed by atoms with E-state index in [2.05, 4.69) is 18.0 Å². The van der Waals surface area contributed by atoms with Crippen LogP contribution in [0.2, 0.25) is 0 Å². The Bertz CT molecular complexity index is 501. The highest BCUT2D eigenvalue weighted by atomic mass is 16.5. The molecule has 3 atom stereocenters. The van der Waals surface area contributed by atoms with Gasteiger partial charge >= 0.3 is 0 Å². The molecule has 1 aliphatic carbocycles. The van der Waals surface area contributed by atoms with Crippen LogP contribution in [0.5, 0.6) is 11.5 Å². The van der Waals surface area contributed by atoms with Crippen molar-refractivity contribution in [2.75, 3.05) is 13.6 Å². The van der Waals surface area contributed by atoms with Crippen molar-refractivity contribution < 1.29 is 9.84 Å². The summed E-state index contributed by atoms with van der Waals surface area (Å²) < 4.78 is 6.08. The molecule has 3 aliphatic rings. The van der Waals surface area contributed by atoms with Gasteiger partial charge in [-0.3, -0.25) is 0 Å².